The lowest BCUT2D eigenvalue weighted by Crippen LogP contribution is -2.23. The molecule has 6 aromatic rings. The maximum atomic E-state index is 2.48. The van der Waals surface area contributed by atoms with E-state index >= 15 is 0 Å². The third kappa shape index (κ3) is 5.30. The Labute approximate surface area is 320 Å². The molecule has 0 spiro atoms. The molecule has 266 valence electrons. The molecule has 0 saturated heterocycles. The first-order chi connectivity index (χ1) is 26.2. The van der Waals surface area contributed by atoms with Crippen molar-refractivity contribution >= 4 is 44.2 Å². The number of likely N-dealkylation sites (N-methyl/N-ethyl adjacent to an activating group) is 1. The molecular weight excluding hydrogens is 653 g/mol. The smallest absolute Gasteiger partial charge is 0.0525 e. The van der Waals surface area contributed by atoms with Gasteiger partial charge in [0.15, 0.2) is 0 Å². The minimum absolute atomic E-state index is 0.116. The Morgan fingerprint density at radius 1 is 0.574 bits per heavy atom. The lowest BCUT2D eigenvalue weighted by molar-refractivity contribution is 0.645. The highest BCUT2D eigenvalue weighted by molar-refractivity contribution is 5.97. The summed E-state index contributed by atoms with van der Waals surface area (Å²) in [5.41, 5.74) is 15.7. The number of fused-ring (bicyclic) bond motifs is 6. The molecule has 0 unspecified atom stereocenters. The Bertz CT molecular complexity index is 2570. The fourth-order valence-corrected chi connectivity index (χ4v) is 9.78. The zero-order chi connectivity index (χ0) is 37.2. The monoisotopic (exact) mass is 700 g/mol. The second kappa shape index (κ2) is 12.9. The van der Waals surface area contributed by atoms with Gasteiger partial charge in [-0.25, -0.2) is 0 Å². The molecule has 0 fully saturated rings. The van der Waals surface area contributed by atoms with E-state index in [1.807, 2.05) is 0 Å². The number of allylic oxidation sites excluding steroid dienone is 9. The van der Waals surface area contributed by atoms with Crippen molar-refractivity contribution in [3.63, 3.8) is 0 Å². The average molecular weight is 701 g/mol. The van der Waals surface area contributed by atoms with Crippen molar-refractivity contribution in [2.24, 2.45) is 0 Å². The van der Waals surface area contributed by atoms with Gasteiger partial charge < -0.3 is 9.80 Å². The van der Waals surface area contributed by atoms with E-state index < -0.39 is 0 Å². The minimum Gasteiger partial charge on any atom is -0.347 e. The number of para-hydroxylation sites is 2. The molecular formula is C52H48N2. The molecule has 0 radical (unpaired) electrons. The van der Waals surface area contributed by atoms with Crippen molar-refractivity contribution in [1.82, 2.24) is 0 Å². The summed E-state index contributed by atoms with van der Waals surface area (Å²) in [7, 11) is 2.23. The summed E-state index contributed by atoms with van der Waals surface area (Å²) in [6, 6.07) is 48.6. The second-order valence-corrected chi connectivity index (χ2v) is 16.2. The first kappa shape index (κ1) is 33.9. The molecule has 0 saturated carbocycles. The summed E-state index contributed by atoms with van der Waals surface area (Å²) < 4.78 is 0. The predicted octanol–water partition coefficient (Wildman–Crippen LogP) is 13.7. The van der Waals surface area contributed by atoms with Gasteiger partial charge in [0.25, 0.3) is 0 Å². The van der Waals surface area contributed by atoms with Gasteiger partial charge in [0.2, 0.25) is 0 Å². The Morgan fingerprint density at radius 3 is 1.80 bits per heavy atom. The lowest BCUT2D eigenvalue weighted by atomic mass is 9.78. The van der Waals surface area contributed by atoms with Gasteiger partial charge in [-0.15, -0.1) is 0 Å². The normalized spacial score (nSPS) is 18.9. The van der Waals surface area contributed by atoms with Crippen LogP contribution in [-0.2, 0) is 10.8 Å². The van der Waals surface area contributed by atoms with Crippen LogP contribution in [0.15, 0.2) is 186 Å². The van der Waals surface area contributed by atoms with Crippen LogP contribution in [-0.4, -0.2) is 7.05 Å². The summed E-state index contributed by atoms with van der Waals surface area (Å²) in [6.07, 6.45) is 11.6. The SMILES string of the molecule is CC1=C(C=CC2=C(N(c3ccccc3)c3ccccc3)/C(=C/C=C3N(C)c4ccc5ccccc5c4C3(C)C)CC2)C(C)(C)c2c1ccc1ccccc21. The molecule has 1 heterocycles. The Kier molecular flexibility index (Phi) is 8.12. The van der Waals surface area contributed by atoms with Crippen LogP contribution in [0.3, 0.4) is 0 Å². The largest absolute Gasteiger partial charge is 0.347 e. The van der Waals surface area contributed by atoms with Crippen LogP contribution in [0.25, 0.3) is 27.1 Å². The van der Waals surface area contributed by atoms with Crippen LogP contribution in [0.4, 0.5) is 17.1 Å². The summed E-state index contributed by atoms with van der Waals surface area (Å²) in [6.45, 7) is 11.9. The molecule has 0 aromatic heterocycles. The highest BCUT2D eigenvalue weighted by Gasteiger charge is 2.40. The topological polar surface area (TPSA) is 6.48 Å². The van der Waals surface area contributed by atoms with Gasteiger partial charge >= 0.3 is 0 Å². The van der Waals surface area contributed by atoms with Crippen molar-refractivity contribution in [1.29, 1.82) is 0 Å². The lowest BCUT2D eigenvalue weighted by Gasteiger charge is -2.29. The summed E-state index contributed by atoms with van der Waals surface area (Å²) >= 11 is 0. The zero-order valence-corrected chi connectivity index (χ0v) is 32.3. The molecule has 0 amide bonds. The minimum atomic E-state index is -0.150. The van der Waals surface area contributed by atoms with E-state index in [1.54, 1.807) is 0 Å². The van der Waals surface area contributed by atoms with Crippen LogP contribution < -0.4 is 9.80 Å². The average Bonchev–Trinajstić information content (AvgIpc) is 3.74. The van der Waals surface area contributed by atoms with Crippen LogP contribution in [0.1, 0.15) is 64.2 Å². The Balaban J connectivity index is 1.19. The molecule has 0 bridgehead atoms. The van der Waals surface area contributed by atoms with E-state index in [-0.39, 0.29) is 10.8 Å². The Morgan fingerprint density at radius 2 is 1.15 bits per heavy atom. The van der Waals surface area contributed by atoms with E-state index in [1.165, 1.54) is 77.6 Å². The second-order valence-electron chi connectivity index (χ2n) is 16.2. The van der Waals surface area contributed by atoms with Crippen molar-refractivity contribution in [2.45, 2.75) is 58.3 Å². The molecule has 9 rings (SSSR count). The molecule has 54 heavy (non-hydrogen) atoms. The van der Waals surface area contributed by atoms with E-state index in [4.69, 9.17) is 0 Å². The van der Waals surface area contributed by atoms with Gasteiger partial charge in [0.1, 0.15) is 0 Å². The zero-order valence-electron chi connectivity index (χ0n) is 32.3. The van der Waals surface area contributed by atoms with Crippen LogP contribution in [0.5, 0.6) is 0 Å². The highest BCUT2D eigenvalue weighted by Crippen LogP contribution is 2.52. The van der Waals surface area contributed by atoms with E-state index in [0.29, 0.717) is 0 Å². The van der Waals surface area contributed by atoms with Gasteiger partial charge in [-0.05, 0) is 117 Å². The van der Waals surface area contributed by atoms with E-state index in [9.17, 15) is 0 Å². The Hall–Kier alpha value is -5.86. The van der Waals surface area contributed by atoms with E-state index in [0.717, 1.165) is 24.2 Å². The third-order valence-corrected chi connectivity index (χ3v) is 12.3. The first-order valence-corrected chi connectivity index (χ1v) is 19.4. The van der Waals surface area contributed by atoms with Gasteiger partial charge in [-0.2, -0.15) is 0 Å². The van der Waals surface area contributed by atoms with Crippen molar-refractivity contribution in [3.8, 4) is 0 Å². The summed E-state index contributed by atoms with van der Waals surface area (Å²) in [4.78, 5) is 4.88. The van der Waals surface area contributed by atoms with Crippen molar-refractivity contribution < 1.29 is 0 Å². The highest BCUT2D eigenvalue weighted by atomic mass is 15.2. The van der Waals surface area contributed by atoms with Crippen LogP contribution in [0.2, 0.25) is 0 Å². The number of nitrogens with zero attached hydrogens (tertiary/aromatic N) is 2. The number of benzene rings is 6. The molecule has 2 nitrogen and oxygen atoms in total. The fraction of sp³-hybridized carbons (Fsp3) is 0.192. The summed E-state index contributed by atoms with van der Waals surface area (Å²) in [5, 5.41) is 5.30. The number of rotatable bonds is 6. The maximum absolute atomic E-state index is 2.48. The molecule has 0 N–H and O–H groups in total. The molecule has 3 aliphatic rings. The van der Waals surface area contributed by atoms with Crippen molar-refractivity contribution in [2.75, 3.05) is 16.8 Å². The van der Waals surface area contributed by atoms with Gasteiger partial charge in [-0.3, -0.25) is 0 Å². The quantitative estimate of drug-likeness (QED) is 0.171. The third-order valence-electron chi connectivity index (χ3n) is 12.3. The molecule has 6 aromatic carbocycles. The standard InChI is InChI=1S/C52H48N2/c1-35-42-31-27-36-17-13-15-23-43(36)48(42)51(2,3)45(35)32-28-38-25-26-39(50(38)54(40-19-9-7-10-20-40)41-21-11-8-12-22-41)30-34-47-52(4,5)49-44-24-16-14-18-37(44)29-33-46(49)53(47)6/h7-24,27-34H,25-26H2,1-6H3/b32-28?,39-30+,47-34?. The molecule has 0 atom stereocenters. The van der Waals surface area contributed by atoms with Crippen LogP contribution >= 0.6 is 0 Å². The summed E-state index contributed by atoms with van der Waals surface area (Å²) in [5.74, 6) is 0. The predicted molar refractivity (Wildman–Crippen MR) is 232 cm³/mol. The van der Waals surface area contributed by atoms with E-state index in [2.05, 4.69) is 209 Å². The molecule has 2 aliphatic carbocycles. The van der Waals surface area contributed by atoms with Crippen LogP contribution in [0, 0.1) is 0 Å². The van der Waals surface area contributed by atoms with Gasteiger partial charge in [0.05, 0.1) is 5.70 Å². The fourth-order valence-electron chi connectivity index (χ4n) is 9.78. The first-order valence-electron chi connectivity index (χ1n) is 19.4. The number of hydrogen-bond acceptors (Lipinski definition) is 2. The molecule has 2 heteroatoms. The number of hydrogen-bond donors (Lipinski definition) is 0. The maximum Gasteiger partial charge on any atom is 0.0525 e. The number of anilines is 3. The molecule has 1 aliphatic heterocycles. The van der Waals surface area contributed by atoms with Gasteiger partial charge in [0, 0.05) is 40.6 Å². The van der Waals surface area contributed by atoms with Crippen molar-refractivity contribution in [3.05, 3.63) is 203 Å². The van der Waals surface area contributed by atoms with Gasteiger partial charge in [-0.1, -0.05) is 149 Å².